The molecule has 6 rings (SSSR count). The molecular weight excluding hydrogens is 704 g/mol. The van der Waals surface area contributed by atoms with E-state index >= 15 is 0 Å². The largest absolute Gasteiger partial charge is 0.508 e. The number of nitrogens with two attached hydrogens (primary N) is 2. The van der Waals surface area contributed by atoms with Gasteiger partial charge in [0.05, 0.1) is 46.7 Å². The lowest BCUT2D eigenvalue weighted by atomic mass is 10.2. The molecule has 6 heterocycles. The second-order valence-corrected chi connectivity index (χ2v) is 13.3. The number of thiazole rings is 2. The summed E-state index contributed by atoms with van der Waals surface area (Å²) in [7, 11) is 0. The van der Waals surface area contributed by atoms with Crippen LogP contribution in [0.2, 0.25) is 0 Å². The SMILES string of the molecule is CC(=O)O[C@@H]1C[C@@H](CO)O[C@H]1n1c(=O)sc2cnc(N)nc21.CC(=O)O[C@@H]1C[C@@H](COC(=O)OC(C)C)O[C@H]1n1c(=O)sc2cnc(N)nc21. The number of esters is 2. The summed E-state index contributed by atoms with van der Waals surface area (Å²) in [5.41, 5.74) is 11.8. The van der Waals surface area contributed by atoms with Gasteiger partial charge in [0.2, 0.25) is 11.9 Å². The van der Waals surface area contributed by atoms with Gasteiger partial charge >= 0.3 is 27.8 Å². The zero-order valence-electron chi connectivity index (χ0n) is 27.1. The number of carbonyl (C=O) groups excluding carboxylic acids is 3. The van der Waals surface area contributed by atoms with Crippen molar-refractivity contribution in [3.05, 3.63) is 31.7 Å². The minimum atomic E-state index is -0.936. The molecule has 22 heteroatoms. The van der Waals surface area contributed by atoms with Gasteiger partial charge in [0, 0.05) is 26.7 Å². The van der Waals surface area contributed by atoms with Crippen LogP contribution in [0.1, 0.15) is 53.0 Å². The first-order chi connectivity index (χ1) is 23.7. The van der Waals surface area contributed by atoms with Gasteiger partial charge in [-0.2, -0.15) is 9.97 Å². The van der Waals surface area contributed by atoms with Gasteiger partial charge in [-0.15, -0.1) is 0 Å². The Kier molecular flexibility index (Phi) is 11.3. The molecule has 0 amide bonds. The highest BCUT2D eigenvalue weighted by Crippen LogP contribution is 2.35. The lowest BCUT2D eigenvalue weighted by Gasteiger charge is -2.19. The lowest BCUT2D eigenvalue weighted by molar-refractivity contribution is -0.153. The fraction of sp³-hybridized carbons (Fsp3) is 0.536. The van der Waals surface area contributed by atoms with Gasteiger partial charge in [-0.25, -0.2) is 14.8 Å². The predicted octanol–water partition coefficient (Wildman–Crippen LogP) is 0.863. The number of hydrogen-bond donors (Lipinski definition) is 3. The van der Waals surface area contributed by atoms with Gasteiger partial charge in [-0.1, -0.05) is 22.7 Å². The number of aromatic nitrogens is 6. The van der Waals surface area contributed by atoms with Crippen molar-refractivity contribution in [1.82, 2.24) is 29.1 Å². The number of fused-ring (bicyclic) bond motifs is 2. The van der Waals surface area contributed by atoms with Crippen LogP contribution in [0.15, 0.2) is 22.0 Å². The van der Waals surface area contributed by atoms with Crippen molar-refractivity contribution >= 4 is 73.4 Å². The van der Waals surface area contributed by atoms with Crippen LogP contribution in [-0.4, -0.2) is 96.0 Å². The first-order valence-electron chi connectivity index (χ1n) is 15.1. The summed E-state index contributed by atoms with van der Waals surface area (Å²) in [6.07, 6.45) is -2.08. The van der Waals surface area contributed by atoms with Crippen molar-refractivity contribution in [3.8, 4) is 0 Å². The average Bonchev–Trinajstić information content (AvgIpc) is 3.77. The smallest absolute Gasteiger partial charge is 0.458 e. The van der Waals surface area contributed by atoms with Crippen molar-refractivity contribution in [2.45, 2.75) is 83.5 Å². The van der Waals surface area contributed by atoms with Crippen LogP contribution >= 0.6 is 22.7 Å². The van der Waals surface area contributed by atoms with Crippen LogP contribution < -0.4 is 21.2 Å². The van der Waals surface area contributed by atoms with E-state index in [9.17, 15) is 29.1 Å². The summed E-state index contributed by atoms with van der Waals surface area (Å²) in [4.78, 5) is 74.3. The van der Waals surface area contributed by atoms with Crippen molar-refractivity contribution in [3.63, 3.8) is 0 Å². The summed E-state index contributed by atoms with van der Waals surface area (Å²) >= 11 is 1.87. The van der Waals surface area contributed by atoms with E-state index in [-0.39, 0.29) is 53.0 Å². The maximum Gasteiger partial charge on any atom is 0.508 e. The van der Waals surface area contributed by atoms with Crippen LogP contribution in [0.25, 0.3) is 20.7 Å². The summed E-state index contributed by atoms with van der Waals surface area (Å²) in [6, 6.07) is 0. The second-order valence-electron chi connectivity index (χ2n) is 11.3. The Morgan fingerprint density at radius 3 is 1.78 bits per heavy atom. The Balaban J connectivity index is 0.000000200. The molecule has 2 fully saturated rings. The second kappa shape index (κ2) is 15.4. The number of rotatable bonds is 8. The van der Waals surface area contributed by atoms with E-state index in [4.69, 9.17) is 39.9 Å². The zero-order valence-corrected chi connectivity index (χ0v) is 28.7. The monoisotopic (exact) mass is 738 g/mol. The highest BCUT2D eigenvalue weighted by atomic mass is 32.1. The number of ether oxygens (including phenoxy) is 6. The molecule has 6 atom stereocenters. The molecule has 4 aromatic rings. The normalized spacial score (nSPS) is 23.1. The van der Waals surface area contributed by atoms with Crippen LogP contribution in [0.4, 0.5) is 16.7 Å². The van der Waals surface area contributed by atoms with E-state index < -0.39 is 55.0 Å². The van der Waals surface area contributed by atoms with Gasteiger partial charge in [0.15, 0.2) is 23.8 Å². The molecule has 0 unspecified atom stereocenters. The third-order valence-electron chi connectivity index (χ3n) is 7.11. The molecule has 50 heavy (non-hydrogen) atoms. The maximum atomic E-state index is 12.5. The Bertz CT molecular complexity index is 1990. The highest BCUT2D eigenvalue weighted by molar-refractivity contribution is 7.16. The highest BCUT2D eigenvalue weighted by Gasteiger charge is 2.42. The summed E-state index contributed by atoms with van der Waals surface area (Å²) < 4.78 is 35.6. The molecule has 0 bridgehead atoms. The molecule has 0 spiro atoms. The van der Waals surface area contributed by atoms with Crippen LogP contribution in [0.3, 0.4) is 0 Å². The third kappa shape index (κ3) is 8.33. The molecule has 0 radical (unpaired) electrons. The Hall–Kier alpha value is -4.77. The number of anilines is 2. The maximum absolute atomic E-state index is 12.5. The zero-order chi connectivity index (χ0) is 36.3. The van der Waals surface area contributed by atoms with E-state index in [0.717, 1.165) is 22.7 Å². The van der Waals surface area contributed by atoms with E-state index in [0.29, 0.717) is 21.5 Å². The molecule has 20 nitrogen and oxygen atoms in total. The van der Waals surface area contributed by atoms with Gasteiger partial charge in [0.1, 0.15) is 18.8 Å². The molecule has 0 aromatic carbocycles. The van der Waals surface area contributed by atoms with E-state index in [1.807, 2.05) is 0 Å². The molecular formula is C28H34N8O12S2. The van der Waals surface area contributed by atoms with E-state index in [1.165, 1.54) is 35.4 Å². The third-order valence-corrected chi connectivity index (χ3v) is 8.87. The van der Waals surface area contributed by atoms with Gasteiger partial charge < -0.3 is 45.0 Å². The fourth-order valence-electron chi connectivity index (χ4n) is 5.28. The number of hydrogen-bond acceptors (Lipinski definition) is 20. The summed E-state index contributed by atoms with van der Waals surface area (Å²) in [5, 5.41) is 9.26. The molecule has 5 N–H and O–H groups in total. The minimum Gasteiger partial charge on any atom is -0.458 e. The average molecular weight is 739 g/mol. The number of nitrogen functional groups attached to an aromatic ring is 2. The Morgan fingerprint density at radius 2 is 1.34 bits per heavy atom. The standard InChI is InChI=1S/C16H20N4O7S.C12H14N4O5S/c1-7(2)25-16(23)24-6-9-4-10(26-8(3)21)13(27-9)20-12-11(28-15(20)22)5-18-14(17)19-12;1-5(18)20-7-2-6(4-17)21-10(7)16-9-8(22-12(16)19)3-14-11(13)15-9/h5,7,9-10,13H,4,6H2,1-3H3,(H2,17,18,19);3,6-7,10,17H,2,4H2,1H3,(H2,13,14,15)/t9-,10+,13+;6-,7+,10+/m00/s1. The molecule has 2 aliphatic heterocycles. The van der Waals surface area contributed by atoms with Gasteiger partial charge in [-0.05, 0) is 13.8 Å². The number of aliphatic hydroxyl groups excluding tert-OH is 1. The van der Waals surface area contributed by atoms with Crippen molar-refractivity contribution in [2.24, 2.45) is 0 Å². The van der Waals surface area contributed by atoms with Crippen LogP contribution in [0.5, 0.6) is 0 Å². The predicted molar refractivity (Wildman–Crippen MR) is 175 cm³/mol. The Labute approximate surface area is 289 Å². The van der Waals surface area contributed by atoms with Crippen LogP contribution in [0, 0.1) is 0 Å². The van der Waals surface area contributed by atoms with Gasteiger partial charge in [-0.3, -0.25) is 28.3 Å². The molecule has 0 saturated carbocycles. The lowest BCUT2D eigenvalue weighted by Crippen LogP contribution is -2.30. The van der Waals surface area contributed by atoms with Crippen molar-refractivity contribution in [2.75, 3.05) is 24.7 Å². The van der Waals surface area contributed by atoms with Gasteiger partial charge in [0.25, 0.3) is 0 Å². The quantitative estimate of drug-likeness (QED) is 0.167. The first kappa shape index (κ1) is 36.5. The molecule has 270 valence electrons. The van der Waals surface area contributed by atoms with E-state index in [2.05, 4.69) is 19.9 Å². The molecule has 4 aromatic heterocycles. The van der Waals surface area contributed by atoms with Crippen LogP contribution in [-0.2, 0) is 38.0 Å². The van der Waals surface area contributed by atoms with E-state index in [1.54, 1.807) is 13.8 Å². The van der Waals surface area contributed by atoms with Crippen molar-refractivity contribution in [1.29, 1.82) is 0 Å². The number of carbonyl (C=O) groups is 3. The topological polar surface area (TPSA) is 274 Å². The minimum absolute atomic E-state index is 0.00241. The molecule has 2 saturated heterocycles. The fourth-order valence-corrected chi connectivity index (χ4v) is 6.92. The summed E-state index contributed by atoms with van der Waals surface area (Å²) in [5.74, 6) is -0.989. The summed E-state index contributed by atoms with van der Waals surface area (Å²) in [6.45, 7) is 5.58. The Morgan fingerprint density at radius 1 is 0.880 bits per heavy atom. The number of nitrogens with zero attached hydrogens (tertiary/aromatic N) is 6. The number of aliphatic hydroxyl groups is 1. The van der Waals surface area contributed by atoms with Crippen molar-refractivity contribution < 1.29 is 47.9 Å². The molecule has 0 aliphatic carbocycles. The first-order valence-corrected chi connectivity index (χ1v) is 16.7. The molecule has 2 aliphatic rings.